The Kier molecular flexibility index (Phi) is 8.58. The molecule has 188 valence electrons. The van der Waals surface area contributed by atoms with Gasteiger partial charge in [0.1, 0.15) is 0 Å². The van der Waals surface area contributed by atoms with E-state index < -0.39 is 0 Å². The second kappa shape index (κ2) is 11.8. The van der Waals surface area contributed by atoms with E-state index in [-0.39, 0.29) is 23.7 Å². The van der Waals surface area contributed by atoms with Crippen molar-refractivity contribution in [1.29, 1.82) is 0 Å². The summed E-state index contributed by atoms with van der Waals surface area (Å²) in [6, 6.07) is 15.9. The number of benzene rings is 2. The lowest BCUT2D eigenvalue weighted by Crippen LogP contribution is -2.47. The average Bonchev–Trinajstić information content (AvgIpc) is 2.89. The molecule has 0 aromatic heterocycles. The van der Waals surface area contributed by atoms with Gasteiger partial charge in [-0.1, -0.05) is 38.1 Å². The highest BCUT2D eigenvalue weighted by Crippen LogP contribution is 2.25. The van der Waals surface area contributed by atoms with Crippen LogP contribution in [0.4, 0.5) is 11.4 Å². The topological polar surface area (TPSA) is 61.9 Å². The van der Waals surface area contributed by atoms with E-state index in [0.717, 1.165) is 75.6 Å². The minimum Gasteiger partial charge on any atom is -0.378 e. The first-order valence-corrected chi connectivity index (χ1v) is 13.0. The first-order chi connectivity index (χ1) is 16.9. The number of carbonyl (C=O) groups is 2. The van der Waals surface area contributed by atoms with Crippen LogP contribution in [0.5, 0.6) is 0 Å². The summed E-state index contributed by atoms with van der Waals surface area (Å²) < 4.78 is 5.42. The van der Waals surface area contributed by atoms with Gasteiger partial charge in [0.15, 0.2) is 5.78 Å². The van der Waals surface area contributed by atoms with E-state index in [9.17, 15) is 9.59 Å². The number of likely N-dealkylation sites (tertiary alicyclic amines) is 1. The summed E-state index contributed by atoms with van der Waals surface area (Å²) in [4.78, 5) is 30.4. The molecule has 2 aliphatic heterocycles. The van der Waals surface area contributed by atoms with Crippen LogP contribution in [0.25, 0.3) is 0 Å². The average molecular weight is 478 g/mol. The first-order valence-electron chi connectivity index (χ1n) is 13.0. The van der Waals surface area contributed by atoms with Crippen molar-refractivity contribution in [3.05, 3.63) is 59.7 Å². The Morgan fingerprint density at radius 2 is 1.54 bits per heavy atom. The number of nitrogens with zero attached hydrogens (tertiary/aromatic N) is 2. The first kappa shape index (κ1) is 25.4. The molecular weight excluding hydrogens is 438 g/mol. The maximum absolute atomic E-state index is 13.0. The molecule has 6 nitrogen and oxygen atoms in total. The van der Waals surface area contributed by atoms with Gasteiger partial charge in [0.25, 0.3) is 0 Å². The molecule has 2 fully saturated rings. The number of Topliss-reactive ketones (excluding diaryl/α,β-unsaturated/α-hetero) is 1. The minimum absolute atomic E-state index is 0.00496. The van der Waals surface area contributed by atoms with E-state index in [1.807, 2.05) is 31.2 Å². The number of rotatable bonds is 8. The van der Waals surface area contributed by atoms with E-state index in [2.05, 4.69) is 53.2 Å². The maximum Gasteiger partial charge on any atom is 0.241 e. The van der Waals surface area contributed by atoms with Crippen molar-refractivity contribution in [3.63, 3.8) is 0 Å². The number of hydrogen-bond acceptors (Lipinski definition) is 5. The lowest BCUT2D eigenvalue weighted by atomic mass is 9.88. The van der Waals surface area contributed by atoms with Crippen LogP contribution in [0.15, 0.2) is 48.5 Å². The second-order valence-electron chi connectivity index (χ2n) is 10.3. The van der Waals surface area contributed by atoms with Crippen molar-refractivity contribution in [3.8, 4) is 0 Å². The molecule has 2 saturated heterocycles. The van der Waals surface area contributed by atoms with Gasteiger partial charge in [-0.05, 0) is 75.0 Å². The third-order valence-electron chi connectivity index (χ3n) is 7.22. The number of hydrogen-bond donors (Lipinski definition) is 1. The Morgan fingerprint density at radius 3 is 2.14 bits per heavy atom. The third-order valence-corrected chi connectivity index (χ3v) is 7.22. The summed E-state index contributed by atoms with van der Waals surface area (Å²) in [6.07, 6.45) is 2.61. The molecular formula is C29H39N3O3. The highest BCUT2D eigenvalue weighted by atomic mass is 16.5. The van der Waals surface area contributed by atoms with Gasteiger partial charge in [0, 0.05) is 35.9 Å². The SMILES string of the molecule is CC(C)Cc1ccc(C(=O)C2CCN(C(C)C(=O)Nc3ccc(N4CCOCC4)cc3)CC2)cc1. The van der Waals surface area contributed by atoms with Gasteiger partial charge in [-0.15, -0.1) is 0 Å². The number of nitrogens with one attached hydrogen (secondary N) is 1. The molecule has 2 aromatic carbocycles. The maximum atomic E-state index is 13.0. The van der Waals surface area contributed by atoms with Crippen LogP contribution in [-0.2, 0) is 16.0 Å². The lowest BCUT2D eigenvalue weighted by Gasteiger charge is -2.34. The second-order valence-corrected chi connectivity index (χ2v) is 10.3. The van der Waals surface area contributed by atoms with Crippen LogP contribution < -0.4 is 10.2 Å². The monoisotopic (exact) mass is 477 g/mol. The molecule has 4 rings (SSSR count). The van der Waals surface area contributed by atoms with Crippen LogP contribution >= 0.6 is 0 Å². The quantitative estimate of drug-likeness (QED) is 0.561. The lowest BCUT2D eigenvalue weighted by molar-refractivity contribution is -0.121. The molecule has 1 unspecified atom stereocenters. The third kappa shape index (κ3) is 6.71. The number of amides is 1. The fourth-order valence-electron chi connectivity index (χ4n) is 5.05. The summed E-state index contributed by atoms with van der Waals surface area (Å²) in [6.45, 7) is 11.2. The van der Waals surface area contributed by atoms with Crippen LogP contribution in [0.1, 0.15) is 49.5 Å². The molecule has 0 aliphatic carbocycles. The number of piperidine rings is 1. The standard InChI is InChI=1S/C29H39N3O3/c1-21(2)20-23-4-6-24(7-5-23)28(33)25-12-14-31(15-13-25)22(3)29(34)30-26-8-10-27(11-9-26)32-16-18-35-19-17-32/h4-11,21-22,25H,12-20H2,1-3H3,(H,30,34). The van der Waals surface area contributed by atoms with Crippen LogP contribution in [0, 0.1) is 11.8 Å². The van der Waals surface area contributed by atoms with Crippen molar-refractivity contribution in [1.82, 2.24) is 4.90 Å². The number of morpholine rings is 1. The highest BCUT2D eigenvalue weighted by molar-refractivity contribution is 5.98. The highest BCUT2D eigenvalue weighted by Gasteiger charge is 2.30. The van der Waals surface area contributed by atoms with Crippen molar-refractivity contribution in [2.75, 3.05) is 49.6 Å². The van der Waals surface area contributed by atoms with Crippen LogP contribution in [0.2, 0.25) is 0 Å². The molecule has 0 spiro atoms. The van der Waals surface area contributed by atoms with E-state index in [4.69, 9.17) is 4.74 Å². The van der Waals surface area contributed by atoms with Crippen molar-refractivity contribution >= 4 is 23.1 Å². The van der Waals surface area contributed by atoms with Crippen molar-refractivity contribution in [2.45, 2.75) is 46.1 Å². The Bertz CT molecular complexity index is 973. The van der Waals surface area contributed by atoms with Gasteiger partial charge < -0.3 is 15.0 Å². The Hall–Kier alpha value is -2.70. The van der Waals surface area contributed by atoms with E-state index in [1.54, 1.807) is 0 Å². The smallest absolute Gasteiger partial charge is 0.241 e. The van der Waals surface area contributed by atoms with Gasteiger partial charge >= 0.3 is 0 Å². The van der Waals surface area contributed by atoms with Gasteiger partial charge in [-0.3, -0.25) is 14.5 Å². The van der Waals surface area contributed by atoms with Gasteiger partial charge in [-0.25, -0.2) is 0 Å². The Balaban J connectivity index is 1.25. The van der Waals surface area contributed by atoms with Gasteiger partial charge in [0.05, 0.1) is 19.3 Å². The molecule has 2 heterocycles. The summed E-state index contributed by atoms with van der Waals surface area (Å²) in [5.74, 6) is 0.868. The minimum atomic E-state index is -0.236. The van der Waals surface area contributed by atoms with E-state index >= 15 is 0 Å². The number of carbonyl (C=O) groups excluding carboxylic acids is 2. The zero-order chi connectivity index (χ0) is 24.8. The molecule has 6 heteroatoms. The normalized spacial score (nSPS) is 18.5. The zero-order valence-electron chi connectivity index (χ0n) is 21.3. The molecule has 2 aromatic rings. The zero-order valence-corrected chi connectivity index (χ0v) is 21.3. The molecule has 2 aliphatic rings. The fourth-order valence-corrected chi connectivity index (χ4v) is 5.05. The number of ketones is 1. The number of anilines is 2. The molecule has 0 radical (unpaired) electrons. The van der Waals surface area contributed by atoms with E-state index in [1.165, 1.54) is 5.56 Å². The molecule has 0 bridgehead atoms. The largest absolute Gasteiger partial charge is 0.378 e. The molecule has 35 heavy (non-hydrogen) atoms. The van der Waals surface area contributed by atoms with Crippen LogP contribution in [-0.4, -0.2) is 62.0 Å². The summed E-state index contributed by atoms with van der Waals surface area (Å²) >= 11 is 0. The number of ether oxygens (including phenoxy) is 1. The van der Waals surface area contributed by atoms with Crippen molar-refractivity contribution < 1.29 is 14.3 Å². The predicted octanol–water partition coefficient (Wildman–Crippen LogP) is 4.64. The molecule has 1 amide bonds. The van der Waals surface area contributed by atoms with Crippen LogP contribution in [0.3, 0.4) is 0 Å². The summed E-state index contributed by atoms with van der Waals surface area (Å²) in [5, 5.41) is 3.06. The van der Waals surface area contributed by atoms with Gasteiger partial charge in [-0.2, -0.15) is 0 Å². The van der Waals surface area contributed by atoms with Gasteiger partial charge in [0.2, 0.25) is 5.91 Å². The van der Waals surface area contributed by atoms with Crippen molar-refractivity contribution in [2.24, 2.45) is 11.8 Å². The summed E-state index contributed by atoms with van der Waals surface area (Å²) in [5.41, 5.74) is 4.05. The molecule has 1 N–H and O–H groups in total. The molecule has 1 atom stereocenters. The Morgan fingerprint density at radius 1 is 0.914 bits per heavy atom. The molecule has 0 saturated carbocycles. The Labute approximate surface area is 209 Å². The predicted molar refractivity (Wildman–Crippen MR) is 141 cm³/mol. The fraction of sp³-hybridized carbons (Fsp3) is 0.517. The van der Waals surface area contributed by atoms with E-state index in [0.29, 0.717) is 5.92 Å². The summed E-state index contributed by atoms with van der Waals surface area (Å²) in [7, 11) is 0.